The summed E-state index contributed by atoms with van der Waals surface area (Å²) in [4.78, 5) is 16.6. The number of hydrogen-bond acceptors (Lipinski definition) is 5. The van der Waals surface area contributed by atoms with Crippen molar-refractivity contribution in [3.8, 4) is 11.4 Å². The van der Waals surface area contributed by atoms with Gasteiger partial charge in [-0.2, -0.15) is 0 Å². The van der Waals surface area contributed by atoms with Gasteiger partial charge in [0.15, 0.2) is 0 Å². The van der Waals surface area contributed by atoms with Crippen LogP contribution in [0, 0.1) is 0 Å². The van der Waals surface area contributed by atoms with Crippen LogP contribution in [0.1, 0.15) is 12.8 Å². The highest BCUT2D eigenvalue weighted by atomic mass is 19.1. The van der Waals surface area contributed by atoms with Crippen LogP contribution >= 0.6 is 0 Å². The number of halogens is 1. The highest BCUT2D eigenvalue weighted by Gasteiger charge is 2.29. The van der Waals surface area contributed by atoms with E-state index in [9.17, 15) is 4.39 Å². The van der Waals surface area contributed by atoms with Gasteiger partial charge in [0.2, 0.25) is 5.95 Å². The summed E-state index contributed by atoms with van der Waals surface area (Å²) >= 11 is 0. The molecule has 0 spiro atoms. The van der Waals surface area contributed by atoms with Crippen molar-refractivity contribution in [3.63, 3.8) is 0 Å². The zero-order valence-corrected chi connectivity index (χ0v) is 9.62. The van der Waals surface area contributed by atoms with Crippen LogP contribution in [0.5, 0.6) is 0 Å². The van der Waals surface area contributed by atoms with Crippen LogP contribution in [0.4, 0.5) is 10.3 Å². The third kappa shape index (κ3) is 2.27. The zero-order valence-electron chi connectivity index (χ0n) is 9.62. The molecule has 1 aliphatic rings. The number of nitrogens with one attached hydrogen (secondary N) is 1. The van der Waals surface area contributed by atoms with E-state index in [-0.39, 0.29) is 6.04 Å². The molecule has 0 radical (unpaired) electrons. The van der Waals surface area contributed by atoms with Crippen molar-refractivity contribution in [1.82, 2.24) is 19.9 Å². The van der Waals surface area contributed by atoms with Crippen LogP contribution < -0.4 is 5.32 Å². The summed E-state index contributed by atoms with van der Waals surface area (Å²) in [7, 11) is 0. The fourth-order valence-electron chi connectivity index (χ4n) is 1.85. The van der Waals surface area contributed by atoms with E-state index in [1.165, 1.54) is 0 Å². The Hall–Kier alpha value is -2.11. The van der Waals surface area contributed by atoms with Crippen LogP contribution in [0.3, 0.4) is 0 Å². The molecule has 0 bridgehead atoms. The lowest BCUT2D eigenvalue weighted by atomic mass is 9.91. The van der Waals surface area contributed by atoms with Gasteiger partial charge in [0.05, 0.1) is 11.9 Å². The van der Waals surface area contributed by atoms with E-state index < -0.39 is 6.17 Å². The van der Waals surface area contributed by atoms with Gasteiger partial charge < -0.3 is 5.32 Å². The Bertz CT molecular complexity index is 527. The minimum atomic E-state index is -0.689. The fourth-order valence-corrected chi connectivity index (χ4v) is 1.85. The van der Waals surface area contributed by atoms with E-state index in [4.69, 9.17) is 0 Å². The summed E-state index contributed by atoms with van der Waals surface area (Å²) in [5.74, 6) is 0.509. The van der Waals surface area contributed by atoms with Crippen molar-refractivity contribution >= 4 is 5.95 Å². The molecule has 0 saturated heterocycles. The van der Waals surface area contributed by atoms with Gasteiger partial charge in [0.1, 0.15) is 11.9 Å². The van der Waals surface area contributed by atoms with Gasteiger partial charge in [0.25, 0.3) is 0 Å². The van der Waals surface area contributed by atoms with Crippen LogP contribution in [0.2, 0.25) is 0 Å². The monoisotopic (exact) mass is 245 g/mol. The molecule has 2 aromatic heterocycles. The lowest BCUT2D eigenvalue weighted by Gasteiger charge is -2.30. The molecule has 0 aromatic carbocycles. The van der Waals surface area contributed by atoms with Crippen molar-refractivity contribution in [2.24, 2.45) is 0 Å². The topological polar surface area (TPSA) is 63.6 Å². The van der Waals surface area contributed by atoms with Crippen LogP contribution in [-0.4, -0.2) is 32.1 Å². The predicted molar refractivity (Wildman–Crippen MR) is 64.6 cm³/mol. The van der Waals surface area contributed by atoms with Gasteiger partial charge in [-0.15, -0.1) is 0 Å². The minimum absolute atomic E-state index is 0.136. The first kappa shape index (κ1) is 11.0. The maximum absolute atomic E-state index is 12.7. The van der Waals surface area contributed by atoms with Crippen LogP contribution in [-0.2, 0) is 0 Å². The van der Waals surface area contributed by atoms with Gasteiger partial charge >= 0.3 is 0 Å². The maximum Gasteiger partial charge on any atom is 0.223 e. The van der Waals surface area contributed by atoms with Crippen molar-refractivity contribution < 1.29 is 4.39 Å². The fraction of sp³-hybridized carbons (Fsp3) is 0.333. The molecule has 0 unspecified atom stereocenters. The average Bonchev–Trinajstić information content (AvgIpc) is 2.38. The number of hydrogen-bond donors (Lipinski definition) is 1. The predicted octanol–water partition coefficient (Wildman–Crippen LogP) is 1.85. The van der Waals surface area contributed by atoms with Crippen molar-refractivity contribution in [3.05, 3.63) is 30.9 Å². The molecule has 1 N–H and O–H groups in total. The molecule has 0 atom stereocenters. The molecule has 92 valence electrons. The van der Waals surface area contributed by atoms with Gasteiger partial charge in [-0.3, -0.25) is 9.97 Å². The Kier molecular flexibility index (Phi) is 2.84. The molecule has 18 heavy (non-hydrogen) atoms. The lowest BCUT2D eigenvalue weighted by Crippen LogP contribution is -2.37. The number of aromatic nitrogens is 4. The van der Waals surface area contributed by atoms with Gasteiger partial charge in [0, 0.05) is 24.6 Å². The molecular weight excluding hydrogens is 233 g/mol. The number of alkyl halides is 1. The Balaban J connectivity index is 1.77. The van der Waals surface area contributed by atoms with E-state index in [0.717, 1.165) is 0 Å². The van der Waals surface area contributed by atoms with Crippen molar-refractivity contribution in [2.45, 2.75) is 25.1 Å². The van der Waals surface area contributed by atoms with Gasteiger partial charge in [-0.05, 0) is 18.9 Å². The molecule has 0 amide bonds. The first-order chi connectivity index (χ1) is 8.81. The van der Waals surface area contributed by atoms with Gasteiger partial charge in [-0.1, -0.05) is 0 Å². The summed E-state index contributed by atoms with van der Waals surface area (Å²) < 4.78 is 12.7. The van der Waals surface area contributed by atoms with E-state index in [0.29, 0.717) is 30.2 Å². The summed E-state index contributed by atoms with van der Waals surface area (Å²) in [5.41, 5.74) is 1.40. The molecule has 1 fully saturated rings. The van der Waals surface area contributed by atoms with E-state index in [1.807, 2.05) is 0 Å². The maximum atomic E-state index is 12.7. The summed E-state index contributed by atoms with van der Waals surface area (Å²) in [5, 5.41) is 3.11. The smallest absolute Gasteiger partial charge is 0.223 e. The highest BCUT2D eigenvalue weighted by Crippen LogP contribution is 2.25. The van der Waals surface area contributed by atoms with E-state index in [1.54, 1.807) is 30.9 Å². The number of nitrogens with zero attached hydrogens (tertiary/aromatic N) is 4. The molecule has 6 heteroatoms. The Morgan fingerprint density at radius 2 is 2.00 bits per heavy atom. The molecule has 3 rings (SSSR count). The van der Waals surface area contributed by atoms with Crippen molar-refractivity contribution in [1.29, 1.82) is 0 Å². The largest absolute Gasteiger partial charge is 0.351 e. The lowest BCUT2D eigenvalue weighted by molar-refractivity contribution is 0.191. The number of rotatable bonds is 3. The molecule has 2 aromatic rings. The Labute approximate surface area is 104 Å². The number of anilines is 1. The van der Waals surface area contributed by atoms with Crippen molar-refractivity contribution in [2.75, 3.05) is 5.32 Å². The van der Waals surface area contributed by atoms with Crippen LogP contribution in [0.25, 0.3) is 11.4 Å². The van der Waals surface area contributed by atoms with Gasteiger partial charge in [-0.25, -0.2) is 14.4 Å². The first-order valence-electron chi connectivity index (χ1n) is 5.81. The second-order valence-corrected chi connectivity index (χ2v) is 4.27. The first-order valence-corrected chi connectivity index (χ1v) is 5.81. The minimum Gasteiger partial charge on any atom is -0.351 e. The molecule has 0 aliphatic heterocycles. The summed E-state index contributed by atoms with van der Waals surface area (Å²) in [6.45, 7) is 0. The molecule has 2 heterocycles. The zero-order chi connectivity index (χ0) is 12.4. The average molecular weight is 245 g/mol. The third-order valence-electron chi connectivity index (χ3n) is 2.89. The standard InChI is InChI=1S/C12H12FN5/c13-8-5-9(6-8)17-12-16-2-1-10(18-12)11-7-14-3-4-15-11/h1-4,7-9H,5-6H2,(H,16,17,18). The Morgan fingerprint density at radius 1 is 1.11 bits per heavy atom. The second-order valence-electron chi connectivity index (χ2n) is 4.27. The molecule has 5 nitrogen and oxygen atoms in total. The third-order valence-corrected chi connectivity index (χ3v) is 2.89. The summed E-state index contributed by atoms with van der Waals surface area (Å²) in [6, 6.07) is 1.91. The second kappa shape index (κ2) is 4.64. The Morgan fingerprint density at radius 3 is 2.72 bits per heavy atom. The summed E-state index contributed by atoms with van der Waals surface area (Å²) in [6.07, 6.45) is 6.89. The molecular formula is C12H12FN5. The normalized spacial score (nSPS) is 22.3. The van der Waals surface area contributed by atoms with E-state index in [2.05, 4.69) is 25.3 Å². The molecule has 1 saturated carbocycles. The quantitative estimate of drug-likeness (QED) is 0.894. The van der Waals surface area contributed by atoms with E-state index >= 15 is 0 Å². The SMILES string of the molecule is FC1CC(Nc2nccc(-c3cnccn3)n2)C1. The molecule has 1 aliphatic carbocycles. The van der Waals surface area contributed by atoms with Crippen LogP contribution in [0.15, 0.2) is 30.9 Å². The highest BCUT2D eigenvalue weighted by molar-refractivity contribution is 5.53.